The van der Waals surface area contributed by atoms with E-state index in [1.807, 2.05) is 4.90 Å². The van der Waals surface area contributed by atoms with Gasteiger partial charge in [0.2, 0.25) is 0 Å². The lowest BCUT2D eigenvalue weighted by Gasteiger charge is -2.39. The third-order valence-electron chi connectivity index (χ3n) is 4.91. The van der Waals surface area contributed by atoms with Gasteiger partial charge in [-0.15, -0.1) is 11.3 Å². The lowest BCUT2D eigenvalue weighted by atomic mass is 9.65. The summed E-state index contributed by atoms with van der Waals surface area (Å²) in [6, 6.07) is 1.98. The molecule has 1 aromatic rings. The van der Waals surface area contributed by atoms with Crippen LogP contribution in [-0.4, -0.2) is 36.0 Å². The Labute approximate surface area is 163 Å². The largest absolute Gasteiger partial charge is 0.451 e. The quantitative estimate of drug-likeness (QED) is 0.583. The van der Waals surface area contributed by atoms with Gasteiger partial charge in [0.1, 0.15) is 4.88 Å². The molecule has 0 unspecified atom stereocenters. The predicted molar refractivity (Wildman–Crippen MR) is 101 cm³/mol. The van der Waals surface area contributed by atoms with Crippen LogP contribution in [0.15, 0.2) is 14.3 Å². The van der Waals surface area contributed by atoms with Gasteiger partial charge in [-0.2, -0.15) is 0 Å². The summed E-state index contributed by atoms with van der Waals surface area (Å²) < 4.78 is 6.89. The van der Waals surface area contributed by atoms with Gasteiger partial charge < -0.3 is 9.64 Å². The number of hydrogen-bond donors (Lipinski definition) is 0. The highest BCUT2D eigenvalue weighted by atomic mass is 79.9. The van der Waals surface area contributed by atoms with Crippen molar-refractivity contribution in [3.8, 4) is 0 Å². The molecule has 2 aliphatic rings. The second kappa shape index (κ2) is 6.40. The fraction of sp³-hybridized carbons (Fsp3) is 0.647. The Morgan fingerprint density at radius 1 is 1.33 bits per heavy atom. The van der Waals surface area contributed by atoms with E-state index in [2.05, 4.69) is 52.6 Å². The van der Waals surface area contributed by atoms with Crippen LogP contribution in [0.2, 0.25) is 0 Å². The van der Waals surface area contributed by atoms with Crippen molar-refractivity contribution in [3.05, 3.63) is 19.2 Å². The van der Waals surface area contributed by atoms with Crippen LogP contribution < -0.4 is 0 Å². The van der Waals surface area contributed by atoms with E-state index < -0.39 is 5.97 Å². The second-order valence-electron chi connectivity index (χ2n) is 8.04. The maximum atomic E-state index is 12.6. The topological polar surface area (TPSA) is 46.6 Å². The van der Waals surface area contributed by atoms with Gasteiger partial charge in [0.25, 0.3) is 5.91 Å². The third kappa shape index (κ3) is 3.73. The number of halogens is 2. The van der Waals surface area contributed by atoms with Crippen molar-refractivity contribution in [3.63, 3.8) is 0 Å². The fourth-order valence-corrected chi connectivity index (χ4v) is 6.41. The minimum atomic E-state index is -0.450. The monoisotopic (exact) mass is 477 g/mol. The molecule has 1 aliphatic heterocycles. The standard InChI is InChI=1S/C17H21Br2NO3S/c1-16(2)5-10-6-17(3,8-16)9-20(10)13(21)7-23-15(22)12-4-11(18)14(19)24-12/h4,10H,5-9H2,1-3H3/t10-,17-/m0/s1. The first-order valence-electron chi connectivity index (χ1n) is 8.00. The summed E-state index contributed by atoms with van der Waals surface area (Å²) in [6.07, 6.45) is 3.21. The van der Waals surface area contributed by atoms with E-state index in [0.29, 0.717) is 4.88 Å². The molecule has 2 bridgehead atoms. The smallest absolute Gasteiger partial charge is 0.348 e. The molecule has 0 N–H and O–H groups in total. The van der Waals surface area contributed by atoms with E-state index >= 15 is 0 Å². The summed E-state index contributed by atoms with van der Waals surface area (Å²) in [4.78, 5) is 27.1. The highest BCUT2D eigenvalue weighted by molar-refractivity contribution is 9.13. The van der Waals surface area contributed by atoms with Gasteiger partial charge in [0.05, 0.1) is 3.79 Å². The van der Waals surface area contributed by atoms with E-state index in [0.717, 1.165) is 34.1 Å². The molecule has 24 heavy (non-hydrogen) atoms. The molecule has 132 valence electrons. The number of hydrogen-bond acceptors (Lipinski definition) is 4. The number of amides is 1. The van der Waals surface area contributed by atoms with Crippen LogP contribution in [0.1, 0.15) is 49.7 Å². The van der Waals surface area contributed by atoms with Gasteiger partial charge in [-0.1, -0.05) is 20.8 Å². The molecule has 1 saturated heterocycles. The van der Waals surface area contributed by atoms with Crippen LogP contribution in [0.5, 0.6) is 0 Å². The van der Waals surface area contributed by atoms with Crippen LogP contribution in [0.25, 0.3) is 0 Å². The normalized spacial score (nSPS) is 28.0. The van der Waals surface area contributed by atoms with E-state index in [4.69, 9.17) is 4.74 Å². The van der Waals surface area contributed by atoms with Crippen molar-refractivity contribution >= 4 is 55.1 Å². The maximum Gasteiger partial charge on any atom is 0.348 e. The molecule has 0 spiro atoms. The number of esters is 1. The summed E-state index contributed by atoms with van der Waals surface area (Å²) >= 11 is 7.99. The van der Waals surface area contributed by atoms with Crippen molar-refractivity contribution in [1.29, 1.82) is 0 Å². The number of thiophene rings is 1. The van der Waals surface area contributed by atoms with Crippen molar-refractivity contribution in [2.45, 2.75) is 46.1 Å². The summed E-state index contributed by atoms with van der Waals surface area (Å²) in [5.41, 5.74) is 0.453. The summed E-state index contributed by atoms with van der Waals surface area (Å²) in [7, 11) is 0. The molecule has 1 aliphatic carbocycles. The molecule has 2 atom stereocenters. The average Bonchev–Trinajstić information content (AvgIpc) is 2.92. The molecule has 0 aromatic carbocycles. The van der Waals surface area contributed by atoms with Crippen LogP contribution in [0.3, 0.4) is 0 Å². The lowest BCUT2D eigenvalue weighted by Crippen LogP contribution is -2.39. The maximum absolute atomic E-state index is 12.6. The summed E-state index contributed by atoms with van der Waals surface area (Å²) in [6.45, 7) is 7.41. The number of ether oxygens (including phenoxy) is 1. The Kier molecular flexibility index (Phi) is 4.90. The molecule has 1 saturated carbocycles. The molecular formula is C17H21Br2NO3S. The van der Waals surface area contributed by atoms with Crippen molar-refractivity contribution in [2.75, 3.05) is 13.2 Å². The Morgan fingerprint density at radius 3 is 2.67 bits per heavy atom. The molecule has 2 heterocycles. The van der Waals surface area contributed by atoms with Crippen molar-refractivity contribution in [2.24, 2.45) is 10.8 Å². The van der Waals surface area contributed by atoms with Crippen LogP contribution >= 0.6 is 43.2 Å². The number of likely N-dealkylation sites (tertiary alicyclic amines) is 1. The Hall–Kier alpha value is -0.400. The number of carbonyl (C=O) groups excluding carboxylic acids is 2. The van der Waals surface area contributed by atoms with E-state index in [-0.39, 0.29) is 29.4 Å². The number of nitrogens with zero attached hydrogens (tertiary/aromatic N) is 1. The molecular weight excluding hydrogens is 458 g/mol. The average molecular weight is 479 g/mol. The Balaban J connectivity index is 1.61. The molecule has 4 nitrogen and oxygen atoms in total. The summed E-state index contributed by atoms with van der Waals surface area (Å²) in [5.74, 6) is -0.530. The third-order valence-corrected chi connectivity index (χ3v) is 8.14. The minimum absolute atomic E-state index is 0.0792. The number of rotatable bonds is 3. The molecule has 1 amide bonds. The highest BCUT2D eigenvalue weighted by Crippen LogP contribution is 2.52. The zero-order valence-corrected chi connectivity index (χ0v) is 18.0. The fourth-order valence-electron chi connectivity index (χ4n) is 4.48. The Bertz CT molecular complexity index is 668. The van der Waals surface area contributed by atoms with Gasteiger partial charge in [-0.05, 0) is 68.0 Å². The first-order valence-corrected chi connectivity index (χ1v) is 10.4. The van der Waals surface area contributed by atoms with Crippen LogP contribution in [0, 0.1) is 10.8 Å². The van der Waals surface area contributed by atoms with Gasteiger partial charge in [-0.3, -0.25) is 4.79 Å². The SMILES string of the molecule is CC1(C)C[C@H]2C[C@](C)(CN2C(=O)COC(=O)c2cc(Br)c(Br)s2)C1. The highest BCUT2D eigenvalue weighted by Gasteiger charge is 2.50. The van der Waals surface area contributed by atoms with E-state index in [9.17, 15) is 9.59 Å². The number of fused-ring (bicyclic) bond motifs is 2. The Morgan fingerprint density at radius 2 is 2.04 bits per heavy atom. The van der Waals surface area contributed by atoms with Crippen LogP contribution in [0.4, 0.5) is 0 Å². The zero-order chi connectivity index (χ0) is 17.7. The molecule has 0 radical (unpaired) electrons. The van der Waals surface area contributed by atoms with Crippen molar-refractivity contribution < 1.29 is 14.3 Å². The first kappa shape index (κ1) is 18.4. The summed E-state index contributed by atoms with van der Waals surface area (Å²) in [5, 5.41) is 0. The van der Waals surface area contributed by atoms with Gasteiger partial charge in [0, 0.05) is 17.1 Å². The molecule has 3 rings (SSSR count). The van der Waals surface area contributed by atoms with Crippen molar-refractivity contribution in [1.82, 2.24) is 4.90 Å². The second-order valence-corrected chi connectivity index (χ2v) is 11.3. The minimum Gasteiger partial charge on any atom is -0.451 e. The molecule has 2 fully saturated rings. The van der Waals surface area contributed by atoms with Gasteiger partial charge in [0.15, 0.2) is 6.61 Å². The molecule has 7 heteroatoms. The first-order chi connectivity index (χ1) is 11.1. The predicted octanol–water partition coefficient (Wildman–Crippen LogP) is 4.86. The molecule has 1 aromatic heterocycles. The van der Waals surface area contributed by atoms with E-state index in [1.165, 1.54) is 11.3 Å². The lowest BCUT2D eigenvalue weighted by molar-refractivity contribution is -0.135. The van der Waals surface area contributed by atoms with E-state index in [1.54, 1.807) is 6.07 Å². The number of carbonyl (C=O) groups is 2. The zero-order valence-electron chi connectivity index (χ0n) is 14.0. The van der Waals surface area contributed by atoms with Crippen LogP contribution in [-0.2, 0) is 9.53 Å². The van der Waals surface area contributed by atoms with Gasteiger partial charge in [-0.25, -0.2) is 4.79 Å². The van der Waals surface area contributed by atoms with Gasteiger partial charge >= 0.3 is 5.97 Å².